The maximum Gasteiger partial charge on any atom is 0.354 e. The van der Waals surface area contributed by atoms with E-state index in [9.17, 15) is 4.79 Å². The second-order valence-corrected chi connectivity index (χ2v) is 5.49. The zero-order chi connectivity index (χ0) is 14.0. The van der Waals surface area contributed by atoms with Crippen LogP contribution in [0, 0.1) is 5.92 Å². The Morgan fingerprint density at radius 2 is 2.21 bits per heavy atom. The van der Waals surface area contributed by atoms with Crippen LogP contribution in [0.1, 0.15) is 31.3 Å². The molecule has 1 aliphatic rings. The zero-order valence-corrected chi connectivity index (χ0v) is 11.6. The minimum Gasteiger partial charge on any atom is -0.477 e. The second kappa shape index (κ2) is 5.57. The van der Waals surface area contributed by atoms with E-state index in [2.05, 4.69) is 36.0 Å². The van der Waals surface area contributed by atoms with Crippen LogP contribution >= 0.6 is 0 Å². The molecule has 2 rings (SSSR count). The van der Waals surface area contributed by atoms with E-state index in [1.54, 1.807) is 6.07 Å². The summed E-state index contributed by atoms with van der Waals surface area (Å²) in [6.07, 6.45) is 0. The molecule has 19 heavy (non-hydrogen) atoms. The van der Waals surface area contributed by atoms with E-state index in [0.717, 1.165) is 13.1 Å². The first kappa shape index (κ1) is 13.8. The van der Waals surface area contributed by atoms with Crippen molar-refractivity contribution in [3.05, 3.63) is 23.9 Å². The molecule has 1 fully saturated rings. The molecule has 5 heteroatoms. The molecule has 104 valence electrons. The molecular formula is C14H21N3O2. The van der Waals surface area contributed by atoms with Gasteiger partial charge in [0.25, 0.3) is 0 Å². The summed E-state index contributed by atoms with van der Waals surface area (Å²) in [6, 6.07) is 5.90. The Kier molecular flexibility index (Phi) is 4.04. The van der Waals surface area contributed by atoms with E-state index < -0.39 is 5.97 Å². The van der Waals surface area contributed by atoms with E-state index >= 15 is 0 Å². The van der Waals surface area contributed by atoms with Crippen molar-refractivity contribution in [2.24, 2.45) is 5.92 Å². The fourth-order valence-electron chi connectivity index (χ4n) is 2.44. The van der Waals surface area contributed by atoms with Crippen LogP contribution < -0.4 is 5.32 Å². The number of carboxylic acid groups (broad SMARTS) is 1. The van der Waals surface area contributed by atoms with E-state index in [4.69, 9.17) is 5.11 Å². The summed E-state index contributed by atoms with van der Waals surface area (Å²) in [7, 11) is 0. The van der Waals surface area contributed by atoms with Crippen molar-refractivity contribution in [3.63, 3.8) is 0 Å². The van der Waals surface area contributed by atoms with Gasteiger partial charge in [0.05, 0.1) is 0 Å². The first-order chi connectivity index (χ1) is 8.97. The number of carboxylic acids is 1. The summed E-state index contributed by atoms with van der Waals surface area (Å²) in [5.41, 5.74) is 0.0800. The van der Waals surface area contributed by atoms with Gasteiger partial charge in [0, 0.05) is 25.2 Å². The first-order valence-corrected chi connectivity index (χ1v) is 6.68. The number of hydrogen-bond acceptors (Lipinski definition) is 4. The highest BCUT2D eigenvalue weighted by molar-refractivity contribution is 5.85. The number of likely N-dealkylation sites (tertiary alicyclic amines) is 1. The molecule has 1 aliphatic heterocycles. The molecule has 0 spiro atoms. The lowest BCUT2D eigenvalue weighted by Crippen LogP contribution is -2.31. The van der Waals surface area contributed by atoms with Gasteiger partial charge >= 0.3 is 5.97 Å². The quantitative estimate of drug-likeness (QED) is 0.869. The molecule has 1 aromatic heterocycles. The molecule has 2 N–H and O–H groups in total. The second-order valence-electron chi connectivity index (χ2n) is 5.49. The molecule has 5 nitrogen and oxygen atoms in total. The van der Waals surface area contributed by atoms with Gasteiger partial charge in [-0.2, -0.15) is 0 Å². The molecule has 0 aliphatic carbocycles. The fourth-order valence-corrected chi connectivity index (χ4v) is 2.44. The van der Waals surface area contributed by atoms with Crippen LogP contribution in [0.15, 0.2) is 18.2 Å². The number of aromatic carboxylic acids is 1. The maximum atomic E-state index is 10.9. The van der Waals surface area contributed by atoms with Gasteiger partial charge < -0.3 is 10.4 Å². The average molecular weight is 263 g/mol. The number of carbonyl (C=O) groups is 1. The predicted octanol–water partition coefficient (Wildman–Crippen LogP) is 1.92. The van der Waals surface area contributed by atoms with Gasteiger partial charge in [-0.15, -0.1) is 0 Å². The molecule has 0 bridgehead atoms. The Morgan fingerprint density at radius 3 is 2.79 bits per heavy atom. The minimum atomic E-state index is -0.994. The first-order valence-electron chi connectivity index (χ1n) is 6.68. The maximum absolute atomic E-state index is 10.9. The van der Waals surface area contributed by atoms with E-state index in [-0.39, 0.29) is 5.69 Å². The van der Waals surface area contributed by atoms with Crippen LogP contribution in [-0.4, -0.2) is 46.1 Å². The van der Waals surface area contributed by atoms with Crippen molar-refractivity contribution in [1.29, 1.82) is 0 Å². The van der Waals surface area contributed by atoms with Crippen molar-refractivity contribution >= 4 is 11.8 Å². The molecule has 0 amide bonds. The molecule has 1 aromatic rings. The number of rotatable bonds is 4. The van der Waals surface area contributed by atoms with Gasteiger partial charge in [-0.1, -0.05) is 13.0 Å². The topological polar surface area (TPSA) is 65.5 Å². The standard InChI is InChI=1S/C14H21N3O2/c1-9(2)17-7-10(3)12(8-17)16-13-6-4-5-11(15-13)14(18)19/h4-6,9-10,12H,7-8H2,1-3H3,(H,15,16)(H,18,19). The molecule has 0 saturated carbocycles. The largest absolute Gasteiger partial charge is 0.477 e. The Bertz CT molecular complexity index is 462. The van der Waals surface area contributed by atoms with Crippen molar-refractivity contribution in [1.82, 2.24) is 9.88 Å². The highest BCUT2D eigenvalue weighted by Crippen LogP contribution is 2.21. The summed E-state index contributed by atoms with van der Waals surface area (Å²) < 4.78 is 0. The third-order valence-electron chi connectivity index (χ3n) is 3.67. The highest BCUT2D eigenvalue weighted by Gasteiger charge is 2.30. The number of pyridine rings is 1. The number of anilines is 1. The third-order valence-corrected chi connectivity index (χ3v) is 3.67. The summed E-state index contributed by atoms with van der Waals surface area (Å²) >= 11 is 0. The lowest BCUT2D eigenvalue weighted by Gasteiger charge is -2.20. The van der Waals surface area contributed by atoms with Crippen LogP contribution in [0.4, 0.5) is 5.82 Å². The number of nitrogens with one attached hydrogen (secondary N) is 1. The zero-order valence-electron chi connectivity index (χ0n) is 11.6. The highest BCUT2D eigenvalue weighted by atomic mass is 16.4. The molecule has 2 atom stereocenters. The summed E-state index contributed by atoms with van der Waals surface area (Å²) in [5, 5.41) is 12.3. The molecule has 2 unspecified atom stereocenters. The third kappa shape index (κ3) is 3.23. The van der Waals surface area contributed by atoms with Crippen LogP contribution in [0.5, 0.6) is 0 Å². The summed E-state index contributed by atoms with van der Waals surface area (Å²) in [5.74, 6) is 0.173. The van der Waals surface area contributed by atoms with Gasteiger partial charge in [-0.25, -0.2) is 9.78 Å². The summed E-state index contributed by atoms with van der Waals surface area (Å²) in [6.45, 7) is 8.63. The molecule has 0 radical (unpaired) electrons. The van der Waals surface area contributed by atoms with E-state index in [0.29, 0.717) is 23.8 Å². The lowest BCUT2D eigenvalue weighted by molar-refractivity contribution is 0.0690. The smallest absolute Gasteiger partial charge is 0.354 e. The van der Waals surface area contributed by atoms with Gasteiger partial charge in [-0.05, 0) is 31.9 Å². The average Bonchev–Trinajstić information content (AvgIpc) is 2.71. The van der Waals surface area contributed by atoms with Crippen molar-refractivity contribution in [2.75, 3.05) is 18.4 Å². The van der Waals surface area contributed by atoms with Gasteiger partial charge in [-0.3, -0.25) is 4.90 Å². The molecule has 0 aromatic carbocycles. The SMILES string of the molecule is CC1CN(C(C)C)CC1Nc1cccc(C(=O)O)n1. The number of aromatic nitrogens is 1. The van der Waals surface area contributed by atoms with E-state index in [1.165, 1.54) is 6.07 Å². The van der Waals surface area contributed by atoms with Gasteiger partial charge in [0.1, 0.15) is 5.82 Å². The van der Waals surface area contributed by atoms with Crippen LogP contribution in [0.3, 0.4) is 0 Å². The lowest BCUT2D eigenvalue weighted by atomic mass is 10.1. The molecule has 2 heterocycles. The Morgan fingerprint density at radius 1 is 1.47 bits per heavy atom. The Hall–Kier alpha value is -1.62. The van der Waals surface area contributed by atoms with Crippen LogP contribution in [0.25, 0.3) is 0 Å². The minimum absolute atomic E-state index is 0.0800. The van der Waals surface area contributed by atoms with Crippen molar-refractivity contribution in [3.8, 4) is 0 Å². The Labute approximate surface area is 113 Å². The monoisotopic (exact) mass is 263 g/mol. The number of nitrogens with zero attached hydrogens (tertiary/aromatic N) is 2. The summed E-state index contributed by atoms with van der Waals surface area (Å²) in [4.78, 5) is 17.4. The Balaban J connectivity index is 2.05. The van der Waals surface area contributed by atoms with Crippen molar-refractivity contribution < 1.29 is 9.90 Å². The fraction of sp³-hybridized carbons (Fsp3) is 0.571. The number of hydrogen-bond donors (Lipinski definition) is 2. The molecular weight excluding hydrogens is 242 g/mol. The molecule has 1 saturated heterocycles. The predicted molar refractivity (Wildman–Crippen MR) is 74.5 cm³/mol. The van der Waals surface area contributed by atoms with Gasteiger partial charge in [0.15, 0.2) is 5.69 Å². The van der Waals surface area contributed by atoms with E-state index in [1.807, 2.05) is 6.07 Å². The van der Waals surface area contributed by atoms with Gasteiger partial charge in [0.2, 0.25) is 0 Å². The van der Waals surface area contributed by atoms with Crippen LogP contribution in [0.2, 0.25) is 0 Å². The normalized spacial score (nSPS) is 23.8. The van der Waals surface area contributed by atoms with Crippen LogP contribution in [-0.2, 0) is 0 Å². The van der Waals surface area contributed by atoms with Crippen molar-refractivity contribution in [2.45, 2.75) is 32.9 Å².